The molecule has 11 heteroatoms. The predicted molar refractivity (Wildman–Crippen MR) is 115 cm³/mol. The van der Waals surface area contributed by atoms with Crippen molar-refractivity contribution in [1.82, 2.24) is 14.4 Å². The van der Waals surface area contributed by atoms with Crippen LogP contribution in [-0.4, -0.2) is 59.5 Å². The number of methoxy groups -OCH3 is 1. The number of nitrogens with zero attached hydrogens (tertiary/aromatic N) is 3. The molecule has 33 heavy (non-hydrogen) atoms. The van der Waals surface area contributed by atoms with Gasteiger partial charge in [0.25, 0.3) is 0 Å². The maximum absolute atomic E-state index is 12.9. The molecule has 1 aromatic carbocycles. The second-order valence-corrected chi connectivity index (χ2v) is 7.73. The summed E-state index contributed by atoms with van der Waals surface area (Å²) < 4.78 is 45.4. The van der Waals surface area contributed by atoms with Crippen LogP contribution < -0.4 is 15.5 Å². The van der Waals surface area contributed by atoms with E-state index < -0.39 is 17.6 Å². The minimum Gasteiger partial charge on any atom is -0.491 e. The Morgan fingerprint density at radius 2 is 1.82 bits per heavy atom. The van der Waals surface area contributed by atoms with Crippen LogP contribution in [0.3, 0.4) is 0 Å². The van der Waals surface area contributed by atoms with Crippen LogP contribution in [0.25, 0.3) is 0 Å². The first kappa shape index (κ1) is 24.3. The van der Waals surface area contributed by atoms with E-state index in [0.29, 0.717) is 38.4 Å². The summed E-state index contributed by atoms with van der Waals surface area (Å²) in [5, 5.41) is 2.47. The largest absolute Gasteiger partial charge is 0.491 e. The molecule has 1 aliphatic rings. The third-order valence-corrected chi connectivity index (χ3v) is 5.39. The zero-order valence-corrected chi connectivity index (χ0v) is 18.3. The Morgan fingerprint density at radius 3 is 2.42 bits per heavy atom. The summed E-state index contributed by atoms with van der Waals surface area (Å²) in [4.78, 5) is 40.2. The average Bonchev–Trinajstić information content (AvgIpc) is 2.75. The zero-order chi connectivity index (χ0) is 24.2. The Morgan fingerprint density at radius 1 is 1.12 bits per heavy atom. The van der Waals surface area contributed by atoms with Crippen molar-refractivity contribution < 1.29 is 27.5 Å². The fraction of sp³-hybridized carbons (Fsp3) is 0.409. The van der Waals surface area contributed by atoms with Gasteiger partial charge in [-0.25, -0.2) is 0 Å². The predicted octanol–water partition coefficient (Wildman–Crippen LogP) is 2.18. The van der Waals surface area contributed by atoms with E-state index in [4.69, 9.17) is 4.74 Å². The smallest absolute Gasteiger partial charge is 0.416 e. The first-order valence-electron chi connectivity index (χ1n) is 10.3. The number of hydrogen-bond acceptors (Lipinski definition) is 5. The highest BCUT2D eigenvalue weighted by Gasteiger charge is 2.30. The van der Waals surface area contributed by atoms with Gasteiger partial charge in [-0.15, -0.1) is 0 Å². The summed E-state index contributed by atoms with van der Waals surface area (Å²) in [6, 6.07) is 5.75. The summed E-state index contributed by atoms with van der Waals surface area (Å²) in [5.74, 6) is -0.503. The summed E-state index contributed by atoms with van der Waals surface area (Å²) in [6.45, 7) is 3.99. The maximum Gasteiger partial charge on any atom is 0.416 e. The van der Waals surface area contributed by atoms with Crippen molar-refractivity contribution in [2.75, 3.05) is 38.6 Å². The summed E-state index contributed by atoms with van der Waals surface area (Å²) >= 11 is 0. The number of nitrogens with one attached hydrogen (secondary N) is 1. The van der Waals surface area contributed by atoms with Gasteiger partial charge in [-0.1, -0.05) is 6.07 Å². The molecular weight excluding hydrogens is 441 g/mol. The van der Waals surface area contributed by atoms with Gasteiger partial charge in [0.05, 0.1) is 18.9 Å². The average molecular weight is 466 g/mol. The molecule has 1 fully saturated rings. The van der Waals surface area contributed by atoms with E-state index in [2.05, 4.69) is 10.2 Å². The van der Waals surface area contributed by atoms with Crippen LogP contribution in [0.5, 0.6) is 5.75 Å². The molecule has 0 spiro atoms. The van der Waals surface area contributed by atoms with Gasteiger partial charge < -0.3 is 19.5 Å². The van der Waals surface area contributed by atoms with E-state index in [1.807, 2.05) is 0 Å². The van der Waals surface area contributed by atoms with Crippen molar-refractivity contribution in [3.63, 3.8) is 0 Å². The normalized spacial score (nSPS) is 14.8. The van der Waals surface area contributed by atoms with Gasteiger partial charge in [-0.05, 0) is 18.2 Å². The van der Waals surface area contributed by atoms with Gasteiger partial charge in [0.15, 0.2) is 5.75 Å². The Kier molecular flexibility index (Phi) is 7.42. The zero-order valence-electron chi connectivity index (χ0n) is 18.3. The third kappa shape index (κ3) is 6.35. The fourth-order valence-corrected chi connectivity index (χ4v) is 3.61. The van der Waals surface area contributed by atoms with Crippen molar-refractivity contribution in [3.8, 4) is 5.75 Å². The van der Waals surface area contributed by atoms with E-state index in [1.54, 1.807) is 9.47 Å². The number of pyridine rings is 1. The van der Waals surface area contributed by atoms with Gasteiger partial charge in [-0.3, -0.25) is 19.3 Å². The van der Waals surface area contributed by atoms with Crippen LogP contribution in [0, 0.1) is 0 Å². The number of rotatable bonds is 6. The molecule has 1 N–H and O–H groups in total. The number of carbonyl (C=O) groups is 2. The molecule has 0 unspecified atom stereocenters. The highest BCUT2D eigenvalue weighted by atomic mass is 19.4. The van der Waals surface area contributed by atoms with E-state index in [-0.39, 0.29) is 29.3 Å². The van der Waals surface area contributed by atoms with Crippen molar-refractivity contribution >= 4 is 17.5 Å². The molecule has 3 rings (SSSR count). The topological polar surface area (TPSA) is 83.9 Å². The van der Waals surface area contributed by atoms with Crippen LogP contribution >= 0.6 is 0 Å². The number of piperazine rings is 1. The van der Waals surface area contributed by atoms with E-state index in [9.17, 15) is 27.6 Å². The molecule has 2 heterocycles. The van der Waals surface area contributed by atoms with E-state index >= 15 is 0 Å². The minimum atomic E-state index is -4.52. The Hall–Kier alpha value is -3.34. The highest BCUT2D eigenvalue weighted by molar-refractivity contribution is 5.90. The lowest BCUT2D eigenvalue weighted by atomic mass is 10.2. The van der Waals surface area contributed by atoms with Gasteiger partial charge in [0.1, 0.15) is 6.54 Å². The number of halogens is 3. The molecule has 0 aliphatic carbocycles. The lowest BCUT2D eigenvalue weighted by Crippen LogP contribution is -2.47. The van der Waals surface area contributed by atoms with Crippen LogP contribution in [0.2, 0.25) is 0 Å². The van der Waals surface area contributed by atoms with Crippen LogP contribution in [-0.2, 0) is 28.9 Å². The van der Waals surface area contributed by atoms with Crippen LogP contribution in [0.4, 0.5) is 18.9 Å². The molecular formula is C22H25F3N4O4. The highest BCUT2D eigenvalue weighted by Crippen LogP contribution is 2.30. The molecule has 1 aliphatic heterocycles. The number of aromatic nitrogens is 1. The second kappa shape index (κ2) is 10.1. The minimum absolute atomic E-state index is 0.00210. The van der Waals surface area contributed by atoms with Crippen molar-refractivity contribution in [2.24, 2.45) is 0 Å². The van der Waals surface area contributed by atoms with Gasteiger partial charge >= 0.3 is 6.18 Å². The van der Waals surface area contributed by atoms with E-state index in [0.717, 1.165) is 12.1 Å². The molecule has 1 saturated heterocycles. The molecule has 0 saturated carbocycles. The molecule has 2 aromatic rings. The number of carbonyl (C=O) groups excluding carboxylic acids is 2. The first-order valence-corrected chi connectivity index (χ1v) is 10.3. The van der Waals surface area contributed by atoms with Crippen LogP contribution in [0.15, 0.2) is 41.3 Å². The number of ether oxygens (including phenoxy) is 1. The van der Waals surface area contributed by atoms with Crippen molar-refractivity contribution in [2.45, 2.75) is 26.2 Å². The maximum atomic E-state index is 12.9. The van der Waals surface area contributed by atoms with Gasteiger partial charge in [0, 0.05) is 57.1 Å². The standard InChI is InChI=1S/C22H25F3N4O4/c1-15(30)28-8-6-27(7-9-28)12-18-11-19(31)20(33-2)13-29(18)14-21(32)26-17-5-3-4-16(10-17)22(23,24)25/h3-5,10-11,13H,6-9,12,14H2,1-2H3,(H,26,32). The molecule has 0 bridgehead atoms. The number of benzene rings is 1. The van der Waals surface area contributed by atoms with E-state index in [1.165, 1.54) is 38.4 Å². The quantitative estimate of drug-likeness (QED) is 0.706. The number of alkyl halides is 3. The number of hydrogen-bond donors (Lipinski definition) is 1. The Balaban J connectivity index is 1.75. The second-order valence-electron chi connectivity index (χ2n) is 7.73. The molecule has 2 amide bonds. The number of amides is 2. The monoisotopic (exact) mass is 466 g/mol. The number of anilines is 1. The molecule has 1 aromatic heterocycles. The lowest BCUT2D eigenvalue weighted by molar-refractivity contribution is -0.137. The molecule has 8 nitrogen and oxygen atoms in total. The summed E-state index contributed by atoms with van der Waals surface area (Å²) in [6.07, 6.45) is -3.11. The fourth-order valence-electron chi connectivity index (χ4n) is 3.61. The SMILES string of the molecule is COc1cn(CC(=O)Nc2cccc(C(F)(F)F)c2)c(CN2CCN(C(C)=O)CC2)cc1=O. The Labute approximate surface area is 188 Å². The summed E-state index contributed by atoms with van der Waals surface area (Å²) in [5.41, 5.74) is -0.638. The molecule has 0 radical (unpaired) electrons. The third-order valence-electron chi connectivity index (χ3n) is 5.39. The summed E-state index contributed by atoms with van der Waals surface area (Å²) in [7, 11) is 1.34. The van der Waals surface area contributed by atoms with Gasteiger partial charge in [0.2, 0.25) is 17.2 Å². The van der Waals surface area contributed by atoms with Crippen molar-refractivity contribution in [1.29, 1.82) is 0 Å². The first-order chi connectivity index (χ1) is 15.6. The molecule has 178 valence electrons. The van der Waals surface area contributed by atoms with Crippen molar-refractivity contribution in [3.05, 3.63) is 58.0 Å². The van der Waals surface area contributed by atoms with Crippen LogP contribution in [0.1, 0.15) is 18.2 Å². The molecule has 0 atom stereocenters. The van der Waals surface area contributed by atoms with Gasteiger partial charge in [-0.2, -0.15) is 13.2 Å². The Bertz CT molecular complexity index is 1080. The lowest BCUT2D eigenvalue weighted by Gasteiger charge is -2.34.